The van der Waals surface area contributed by atoms with Crippen LogP contribution in [0, 0.1) is 0 Å². The lowest BCUT2D eigenvalue weighted by Crippen LogP contribution is -2.18. The van der Waals surface area contributed by atoms with Gasteiger partial charge in [-0.15, -0.1) is 0 Å². The second-order valence-electron chi connectivity index (χ2n) is 5.78. The fourth-order valence-electron chi connectivity index (χ4n) is 2.36. The molecule has 3 aromatic carbocycles. The minimum atomic E-state index is -0.427. The number of carbonyl (C=O) groups is 1. The summed E-state index contributed by atoms with van der Waals surface area (Å²) in [5.74, 6) is 0.236. The summed E-state index contributed by atoms with van der Waals surface area (Å²) in [6.07, 6.45) is 1.52. The number of nitrogens with one attached hydrogen (secondary N) is 1. The first-order valence-electron chi connectivity index (χ1n) is 8.27. The van der Waals surface area contributed by atoms with Crippen molar-refractivity contribution >= 4 is 46.9 Å². The van der Waals surface area contributed by atoms with Gasteiger partial charge >= 0.3 is 0 Å². The summed E-state index contributed by atoms with van der Waals surface area (Å²) in [6, 6.07) is 19.4. The van der Waals surface area contributed by atoms with Gasteiger partial charge in [0.25, 0.3) is 5.91 Å². The van der Waals surface area contributed by atoms with E-state index in [1.165, 1.54) is 12.3 Å². The number of halogens is 3. The van der Waals surface area contributed by atoms with Crippen molar-refractivity contribution in [2.45, 2.75) is 6.61 Å². The summed E-state index contributed by atoms with van der Waals surface area (Å²) < 4.78 is 5.77. The molecule has 0 bridgehead atoms. The Morgan fingerprint density at radius 2 is 1.79 bits per heavy atom. The van der Waals surface area contributed by atoms with Crippen LogP contribution < -0.4 is 10.2 Å². The quantitative estimate of drug-likeness (QED) is 0.383. The molecule has 0 atom stereocenters. The van der Waals surface area contributed by atoms with E-state index in [0.29, 0.717) is 28.0 Å². The predicted molar refractivity (Wildman–Crippen MR) is 114 cm³/mol. The summed E-state index contributed by atoms with van der Waals surface area (Å²) in [5, 5.41) is 5.33. The maximum atomic E-state index is 12.1. The molecule has 0 heterocycles. The molecular formula is C21H15Cl3N2O2. The SMILES string of the molecule is O=C(N/N=C\c1cccc(OCc2ccccc2Cl)c1)c1ccc(Cl)cc1Cl. The van der Waals surface area contributed by atoms with Crippen LogP contribution in [-0.4, -0.2) is 12.1 Å². The molecule has 7 heteroatoms. The van der Waals surface area contributed by atoms with E-state index >= 15 is 0 Å². The van der Waals surface area contributed by atoms with Crippen LogP contribution in [0.4, 0.5) is 0 Å². The van der Waals surface area contributed by atoms with Gasteiger partial charge in [-0.2, -0.15) is 5.10 Å². The van der Waals surface area contributed by atoms with E-state index in [-0.39, 0.29) is 5.02 Å². The van der Waals surface area contributed by atoms with Gasteiger partial charge in [0, 0.05) is 15.6 Å². The Morgan fingerprint density at radius 1 is 0.964 bits per heavy atom. The molecule has 28 heavy (non-hydrogen) atoms. The van der Waals surface area contributed by atoms with Gasteiger partial charge in [-0.05, 0) is 42.0 Å². The summed E-state index contributed by atoms with van der Waals surface area (Å²) in [6.45, 7) is 0.353. The van der Waals surface area contributed by atoms with Gasteiger partial charge in [0.2, 0.25) is 0 Å². The van der Waals surface area contributed by atoms with E-state index in [2.05, 4.69) is 10.5 Å². The first kappa shape index (κ1) is 20.2. The van der Waals surface area contributed by atoms with Crippen molar-refractivity contribution in [3.05, 3.63) is 98.5 Å². The zero-order valence-electron chi connectivity index (χ0n) is 14.5. The number of ether oxygens (including phenoxy) is 1. The molecule has 0 saturated carbocycles. The number of nitrogens with zero attached hydrogens (tertiary/aromatic N) is 1. The lowest BCUT2D eigenvalue weighted by Gasteiger charge is -2.08. The van der Waals surface area contributed by atoms with Crippen LogP contribution in [0.1, 0.15) is 21.5 Å². The third-order valence-electron chi connectivity index (χ3n) is 3.77. The maximum absolute atomic E-state index is 12.1. The van der Waals surface area contributed by atoms with Crippen LogP contribution >= 0.6 is 34.8 Å². The second kappa shape index (κ2) is 9.60. The second-order valence-corrected chi connectivity index (χ2v) is 7.03. The van der Waals surface area contributed by atoms with E-state index in [1.54, 1.807) is 12.1 Å². The van der Waals surface area contributed by atoms with E-state index in [9.17, 15) is 4.79 Å². The first-order chi connectivity index (χ1) is 13.5. The molecule has 4 nitrogen and oxygen atoms in total. The number of hydrazone groups is 1. The zero-order valence-corrected chi connectivity index (χ0v) is 16.8. The molecule has 3 rings (SSSR count). The molecule has 3 aromatic rings. The molecule has 142 valence electrons. The van der Waals surface area contributed by atoms with Gasteiger partial charge in [-0.3, -0.25) is 4.79 Å². The topological polar surface area (TPSA) is 50.7 Å². The van der Waals surface area contributed by atoms with Crippen molar-refractivity contribution in [3.63, 3.8) is 0 Å². The number of rotatable bonds is 6. The Labute approximate surface area is 177 Å². The summed E-state index contributed by atoms with van der Waals surface area (Å²) >= 11 is 18.0. The summed E-state index contributed by atoms with van der Waals surface area (Å²) in [4.78, 5) is 12.1. The Hall–Kier alpha value is -2.53. The molecule has 0 fully saturated rings. The third-order valence-corrected chi connectivity index (χ3v) is 4.68. The van der Waals surface area contributed by atoms with Crippen LogP contribution in [0.2, 0.25) is 15.1 Å². The van der Waals surface area contributed by atoms with Crippen LogP contribution in [0.5, 0.6) is 5.75 Å². The molecule has 1 N–H and O–H groups in total. The number of hydrogen-bond donors (Lipinski definition) is 1. The molecule has 0 aliphatic heterocycles. The van der Waals surface area contributed by atoms with Crippen LogP contribution in [0.15, 0.2) is 71.8 Å². The number of amides is 1. The van der Waals surface area contributed by atoms with Gasteiger partial charge in [0.15, 0.2) is 0 Å². The van der Waals surface area contributed by atoms with E-state index < -0.39 is 5.91 Å². The van der Waals surface area contributed by atoms with Gasteiger partial charge in [-0.1, -0.05) is 65.1 Å². The van der Waals surface area contributed by atoms with E-state index in [4.69, 9.17) is 39.5 Å². The summed E-state index contributed by atoms with van der Waals surface area (Å²) in [7, 11) is 0. The molecule has 0 unspecified atom stereocenters. The summed E-state index contributed by atoms with van der Waals surface area (Å²) in [5.41, 5.74) is 4.39. The Kier molecular flexibility index (Phi) is 6.93. The van der Waals surface area contributed by atoms with Crippen molar-refractivity contribution in [3.8, 4) is 5.75 Å². The minimum absolute atomic E-state index is 0.259. The van der Waals surface area contributed by atoms with E-state index in [1.807, 2.05) is 48.5 Å². The first-order valence-corrected chi connectivity index (χ1v) is 9.41. The lowest BCUT2D eigenvalue weighted by atomic mass is 10.2. The molecular weight excluding hydrogens is 419 g/mol. The van der Waals surface area contributed by atoms with Crippen LogP contribution in [0.25, 0.3) is 0 Å². The predicted octanol–water partition coefficient (Wildman–Crippen LogP) is 5.99. The molecule has 0 aliphatic rings. The number of carbonyl (C=O) groups excluding carboxylic acids is 1. The monoisotopic (exact) mass is 432 g/mol. The van der Waals surface area contributed by atoms with Crippen molar-refractivity contribution < 1.29 is 9.53 Å². The van der Waals surface area contributed by atoms with Crippen molar-refractivity contribution in [2.75, 3.05) is 0 Å². The van der Waals surface area contributed by atoms with Crippen LogP contribution in [0.3, 0.4) is 0 Å². The highest BCUT2D eigenvalue weighted by Crippen LogP contribution is 2.21. The highest BCUT2D eigenvalue weighted by molar-refractivity contribution is 6.36. The van der Waals surface area contributed by atoms with Crippen molar-refractivity contribution in [2.24, 2.45) is 5.10 Å². The van der Waals surface area contributed by atoms with Gasteiger partial charge in [-0.25, -0.2) is 5.43 Å². The van der Waals surface area contributed by atoms with Gasteiger partial charge in [0.1, 0.15) is 12.4 Å². The molecule has 0 aromatic heterocycles. The Bertz CT molecular complexity index is 1020. The highest BCUT2D eigenvalue weighted by Gasteiger charge is 2.09. The highest BCUT2D eigenvalue weighted by atomic mass is 35.5. The Balaban J connectivity index is 1.61. The standard InChI is InChI=1S/C21H15Cl3N2O2/c22-16-8-9-18(20(24)11-16)21(27)26-25-12-14-4-3-6-17(10-14)28-13-15-5-1-2-7-19(15)23/h1-12H,13H2,(H,26,27)/b25-12-. The largest absolute Gasteiger partial charge is 0.489 e. The zero-order chi connectivity index (χ0) is 19.9. The third kappa shape index (κ3) is 5.49. The normalized spacial score (nSPS) is 10.8. The maximum Gasteiger partial charge on any atom is 0.272 e. The average molecular weight is 434 g/mol. The molecule has 0 radical (unpaired) electrons. The average Bonchev–Trinajstić information content (AvgIpc) is 2.67. The fourth-order valence-corrected chi connectivity index (χ4v) is 3.05. The minimum Gasteiger partial charge on any atom is -0.489 e. The number of benzene rings is 3. The van der Waals surface area contributed by atoms with Gasteiger partial charge < -0.3 is 4.74 Å². The van der Waals surface area contributed by atoms with Gasteiger partial charge in [0.05, 0.1) is 16.8 Å². The van der Waals surface area contributed by atoms with Crippen molar-refractivity contribution in [1.29, 1.82) is 0 Å². The molecule has 0 aliphatic carbocycles. The smallest absolute Gasteiger partial charge is 0.272 e. The molecule has 1 amide bonds. The van der Waals surface area contributed by atoms with E-state index in [0.717, 1.165) is 11.1 Å². The van der Waals surface area contributed by atoms with Crippen LogP contribution in [-0.2, 0) is 6.61 Å². The number of hydrogen-bond acceptors (Lipinski definition) is 3. The fraction of sp³-hybridized carbons (Fsp3) is 0.0476. The lowest BCUT2D eigenvalue weighted by molar-refractivity contribution is 0.0955. The molecule has 0 spiro atoms. The molecule has 0 saturated heterocycles. The van der Waals surface area contributed by atoms with Crippen molar-refractivity contribution in [1.82, 2.24) is 5.43 Å². The Morgan fingerprint density at radius 3 is 2.57 bits per heavy atom.